The van der Waals surface area contributed by atoms with E-state index in [1.54, 1.807) is 23.3 Å². The fourth-order valence-electron chi connectivity index (χ4n) is 3.06. The molecule has 1 aromatic carbocycles. The second-order valence-electron chi connectivity index (χ2n) is 7.49. The predicted octanol–water partition coefficient (Wildman–Crippen LogP) is 6.53. The minimum atomic E-state index is 0.560. The molecule has 0 radical (unpaired) electrons. The molecule has 0 aliphatic heterocycles. The van der Waals surface area contributed by atoms with Gasteiger partial charge in [-0.15, -0.1) is 13.8 Å². The van der Waals surface area contributed by atoms with E-state index in [-0.39, 0.29) is 0 Å². The Labute approximate surface area is 183 Å². The molecule has 0 aromatic heterocycles. The van der Waals surface area contributed by atoms with Crippen LogP contribution in [-0.4, -0.2) is 6.16 Å². The number of allylic oxidation sites excluding steroid dienone is 8. The molecule has 0 N–H and O–H groups in total. The van der Waals surface area contributed by atoms with Crippen LogP contribution in [0.25, 0.3) is 0 Å². The van der Waals surface area contributed by atoms with E-state index in [0.717, 1.165) is 0 Å². The molecule has 1 aromatic rings. The van der Waals surface area contributed by atoms with E-state index >= 15 is 0 Å². The van der Waals surface area contributed by atoms with Gasteiger partial charge in [0.1, 0.15) is 0 Å². The summed E-state index contributed by atoms with van der Waals surface area (Å²) in [5.74, 6) is 1.12. The summed E-state index contributed by atoms with van der Waals surface area (Å²) in [4.78, 5) is 0. The van der Waals surface area contributed by atoms with E-state index in [1.807, 2.05) is 0 Å². The van der Waals surface area contributed by atoms with Gasteiger partial charge in [0.05, 0.1) is 0 Å². The van der Waals surface area contributed by atoms with Crippen molar-refractivity contribution < 1.29 is 23.3 Å². The summed E-state index contributed by atoms with van der Waals surface area (Å²) in [6, 6.07) is 12.0. The third kappa shape index (κ3) is 7.66. The standard InChI is InChI=1S/2C9H13.C7H8Si.Zr/c2*1-6-5-7(2)9(4)8(6)3;8-6-7-4-2-1-3-5-7;/h2*6H,1-4H3;1-5,8H,6H2;/q2*-1;;+2. The van der Waals surface area contributed by atoms with Crippen molar-refractivity contribution in [3.8, 4) is 0 Å². The average Bonchev–Trinajstić information content (AvgIpc) is 3.01. The third-order valence-electron chi connectivity index (χ3n) is 5.65. The molecule has 2 aliphatic rings. The molecule has 2 atom stereocenters. The van der Waals surface area contributed by atoms with Crippen LogP contribution in [-0.2, 0) is 29.4 Å². The Morgan fingerprint density at radius 2 is 1.19 bits per heavy atom. The topological polar surface area (TPSA) is 0 Å². The molecule has 2 heteroatoms. The van der Waals surface area contributed by atoms with Crippen molar-refractivity contribution in [2.24, 2.45) is 11.8 Å². The summed E-state index contributed by atoms with van der Waals surface area (Å²) in [7, 11) is 0. The van der Waals surface area contributed by atoms with Gasteiger partial charge in [-0.3, -0.25) is 12.2 Å². The zero-order valence-electron chi connectivity index (χ0n) is 18.3. The van der Waals surface area contributed by atoms with E-state index < -0.39 is 0 Å². The molecule has 0 fully saturated rings. The van der Waals surface area contributed by atoms with Crippen LogP contribution in [0.1, 0.15) is 61.0 Å². The summed E-state index contributed by atoms with van der Waals surface area (Å²) in [5, 5.41) is 0. The van der Waals surface area contributed by atoms with E-state index in [0.29, 0.717) is 18.0 Å². The van der Waals surface area contributed by atoms with Gasteiger partial charge in [0.2, 0.25) is 0 Å². The summed E-state index contributed by atoms with van der Waals surface area (Å²) in [6.45, 7) is 17.3. The Morgan fingerprint density at radius 1 is 0.778 bits per heavy atom. The molecule has 2 unspecified atom stereocenters. The predicted molar refractivity (Wildman–Crippen MR) is 117 cm³/mol. The molecule has 0 spiro atoms. The Bertz CT molecular complexity index is 719. The van der Waals surface area contributed by atoms with Crippen molar-refractivity contribution >= 4 is 6.16 Å². The summed E-state index contributed by atoms with van der Waals surface area (Å²) < 4.78 is 0. The van der Waals surface area contributed by atoms with E-state index in [9.17, 15) is 0 Å². The van der Waals surface area contributed by atoms with E-state index in [4.69, 9.17) is 0 Å². The summed E-state index contributed by atoms with van der Waals surface area (Å²) in [5.41, 5.74) is 9.99. The van der Waals surface area contributed by atoms with Crippen LogP contribution >= 0.6 is 0 Å². The van der Waals surface area contributed by atoms with Gasteiger partial charge in [-0.25, -0.2) is 11.1 Å². The number of hydrogen-bond donors (Lipinski definition) is 0. The van der Waals surface area contributed by atoms with Gasteiger partial charge in [-0.1, -0.05) is 53.4 Å². The molecule has 27 heavy (non-hydrogen) atoms. The molecular weight excluding hydrogens is 420 g/mol. The third-order valence-corrected chi connectivity index (χ3v) is 7.83. The Kier molecular flexibility index (Phi) is 10.8. The van der Waals surface area contributed by atoms with Crippen LogP contribution in [0.3, 0.4) is 0 Å². The Hall–Kier alpha value is -0.720. The zero-order chi connectivity index (χ0) is 20.6. The van der Waals surface area contributed by atoms with Crippen molar-refractivity contribution in [2.75, 3.05) is 0 Å². The van der Waals surface area contributed by atoms with Crippen molar-refractivity contribution in [1.82, 2.24) is 0 Å². The SMILES string of the molecule is CC1=[C-]C(C)C(C)=C1C.CC1=[C-]C(C)C(C)=C1C.[Zr+2]=[SiH]Cc1ccccc1. The molecule has 0 saturated carbocycles. The van der Waals surface area contributed by atoms with Crippen molar-refractivity contribution in [2.45, 2.75) is 61.4 Å². The Morgan fingerprint density at radius 3 is 1.41 bits per heavy atom. The number of hydrogen-bond acceptors (Lipinski definition) is 0. The summed E-state index contributed by atoms with van der Waals surface area (Å²) in [6.07, 6.45) is 7.43. The fourth-order valence-corrected chi connectivity index (χ4v) is 5.30. The molecule has 0 bridgehead atoms. The van der Waals surface area contributed by atoms with Gasteiger partial charge in [0.15, 0.2) is 0 Å². The molecule has 0 heterocycles. The van der Waals surface area contributed by atoms with Crippen LogP contribution in [0.4, 0.5) is 0 Å². The molecule has 0 saturated heterocycles. The Balaban J connectivity index is 0.000000202. The first kappa shape index (κ1) is 24.3. The van der Waals surface area contributed by atoms with E-state index in [2.05, 4.69) is 97.9 Å². The van der Waals surface area contributed by atoms with Gasteiger partial charge >= 0.3 is 71.4 Å². The quantitative estimate of drug-likeness (QED) is 0.353. The molecule has 0 nitrogen and oxygen atoms in total. The van der Waals surface area contributed by atoms with Gasteiger partial charge in [0, 0.05) is 0 Å². The van der Waals surface area contributed by atoms with Gasteiger partial charge in [-0.05, 0) is 0 Å². The molecule has 0 amide bonds. The fraction of sp³-hybridized carbons (Fsp3) is 0.440. The molecular formula is C25H34SiZr. The maximum atomic E-state index is 3.36. The van der Waals surface area contributed by atoms with Crippen molar-refractivity contribution in [3.05, 3.63) is 81.5 Å². The maximum absolute atomic E-state index is 3.36. The van der Waals surface area contributed by atoms with Gasteiger partial charge in [-0.2, -0.15) is 22.3 Å². The van der Waals surface area contributed by atoms with Crippen molar-refractivity contribution in [3.63, 3.8) is 0 Å². The number of benzene rings is 1. The minimum absolute atomic E-state index is 0.560. The van der Waals surface area contributed by atoms with Crippen LogP contribution in [0, 0.1) is 24.0 Å². The van der Waals surface area contributed by atoms with E-state index in [1.165, 1.54) is 45.0 Å². The molecule has 3 rings (SSSR count). The first-order valence-corrected chi connectivity index (χ1v) is 15.4. The molecule has 142 valence electrons. The zero-order valence-corrected chi connectivity index (χ0v) is 21.9. The molecule has 2 aliphatic carbocycles. The second kappa shape index (κ2) is 12.0. The first-order valence-electron chi connectivity index (χ1n) is 9.77. The number of rotatable bonds is 2. The monoisotopic (exact) mass is 452 g/mol. The second-order valence-corrected chi connectivity index (χ2v) is 11.3. The van der Waals surface area contributed by atoms with Gasteiger partial charge < -0.3 is 0 Å². The van der Waals surface area contributed by atoms with Crippen LogP contribution < -0.4 is 0 Å². The van der Waals surface area contributed by atoms with Crippen LogP contribution in [0.5, 0.6) is 0 Å². The average molecular weight is 454 g/mol. The summed E-state index contributed by atoms with van der Waals surface area (Å²) >= 11 is 1.72. The first-order chi connectivity index (χ1) is 12.7. The normalized spacial score (nSPS) is 21.1. The van der Waals surface area contributed by atoms with Crippen LogP contribution in [0.2, 0.25) is 0 Å². The van der Waals surface area contributed by atoms with Crippen molar-refractivity contribution in [1.29, 1.82) is 0 Å². The van der Waals surface area contributed by atoms with Crippen LogP contribution in [0.15, 0.2) is 63.8 Å². The van der Waals surface area contributed by atoms with Gasteiger partial charge in [0.25, 0.3) is 0 Å².